The molecule has 2 N–H and O–H groups in total. The van der Waals surface area contributed by atoms with Crippen molar-refractivity contribution in [3.63, 3.8) is 0 Å². The number of H-pyrrole nitrogens is 1. The highest BCUT2D eigenvalue weighted by atomic mass is 32.1. The second kappa shape index (κ2) is 10.2. The molecule has 0 amide bonds. The fourth-order valence-corrected chi connectivity index (χ4v) is 5.58. The summed E-state index contributed by atoms with van der Waals surface area (Å²) in [6.07, 6.45) is 4.30. The van der Waals surface area contributed by atoms with Gasteiger partial charge >= 0.3 is 0 Å². The van der Waals surface area contributed by atoms with Gasteiger partial charge in [0.2, 0.25) is 0 Å². The number of morpholine rings is 1. The van der Waals surface area contributed by atoms with Crippen molar-refractivity contribution in [2.24, 2.45) is 0 Å². The molecule has 5 aromatic rings. The Hall–Kier alpha value is -3.38. The van der Waals surface area contributed by atoms with Gasteiger partial charge < -0.3 is 29.0 Å². The number of nitrogens with zero attached hydrogens (tertiary/aromatic N) is 6. The number of hydrogen-bond donors (Lipinski definition) is 2. The van der Waals surface area contributed by atoms with Gasteiger partial charge in [0.25, 0.3) is 0 Å². The van der Waals surface area contributed by atoms with Crippen LogP contribution < -0.4 is 4.90 Å². The molecule has 4 aromatic heterocycles. The Morgan fingerprint density at radius 2 is 2.16 bits per heavy atom. The number of rotatable bonds is 8. The number of anilines is 1. The van der Waals surface area contributed by atoms with E-state index in [9.17, 15) is 5.11 Å². The smallest absolute Gasteiger partial charge is 0.159 e. The molecule has 2 atom stereocenters. The number of imidazole rings is 2. The van der Waals surface area contributed by atoms with Gasteiger partial charge in [-0.15, -0.1) is 11.3 Å². The van der Waals surface area contributed by atoms with Gasteiger partial charge in [-0.25, -0.2) is 19.9 Å². The number of hydrogen-bond acceptors (Lipinski definition) is 9. The van der Waals surface area contributed by atoms with Gasteiger partial charge in [-0.3, -0.25) is 0 Å². The maximum Gasteiger partial charge on any atom is 0.159 e. The minimum atomic E-state index is -0.250. The number of aromatic nitrogens is 6. The third-order valence-electron chi connectivity index (χ3n) is 6.90. The summed E-state index contributed by atoms with van der Waals surface area (Å²) in [6, 6.07) is 8.32. The topological polar surface area (TPSA) is 114 Å². The first-order valence-corrected chi connectivity index (χ1v) is 13.3. The van der Waals surface area contributed by atoms with E-state index < -0.39 is 0 Å². The molecule has 1 fully saturated rings. The monoisotopic (exact) mass is 519 g/mol. The van der Waals surface area contributed by atoms with Gasteiger partial charge in [0.15, 0.2) is 11.6 Å². The zero-order valence-electron chi connectivity index (χ0n) is 20.8. The quantitative estimate of drug-likeness (QED) is 0.319. The van der Waals surface area contributed by atoms with Gasteiger partial charge in [-0.05, 0) is 30.7 Å². The lowest BCUT2D eigenvalue weighted by Gasteiger charge is -2.39. The van der Waals surface area contributed by atoms with Crippen LogP contribution in [-0.2, 0) is 16.0 Å². The first kappa shape index (κ1) is 24.0. The van der Waals surface area contributed by atoms with Gasteiger partial charge in [0, 0.05) is 32.0 Å². The number of thiazole rings is 1. The summed E-state index contributed by atoms with van der Waals surface area (Å²) in [5, 5.41) is 9.74. The summed E-state index contributed by atoms with van der Waals surface area (Å²) < 4.78 is 14.6. The highest BCUT2D eigenvalue weighted by molar-refractivity contribution is 7.16. The second-order valence-corrected chi connectivity index (χ2v) is 10.0. The SMILES string of the molecule is CC[C@@H]1CO[C@H](CO)CN1c1nccc2c1nc(-c1cnc(-c3ccc4scnc4c3)[nH]1)n2CCOC. The van der Waals surface area contributed by atoms with Crippen LogP contribution in [0.4, 0.5) is 5.82 Å². The number of methoxy groups -OCH3 is 1. The van der Waals surface area contributed by atoms with Crippen molar-refractivity contribution < 1.29 is 14.6 Å². The van der Waals surface area contributed by atoms with Gasteiger partial charge in [-0.1, -0.05) is 6.92 Å². The number of pyridine rings is 1. The average molecular weight is 520 g/mol. The molecule has 1 aliphatic heterocycles. The van der Waals surface area contributed by atoms with Crippen molar-refractivity contribution >= 4 is 38.4 Å². The summed E-state index contributed by atoms with van der Waals surface area (Å²) in [5.74, 6) is 2.34. The van der Waals surface area contributed by atoms with Crippen LogP contribution in [0.15, 0.2) is 42.2 Å². The molecule has 10 nitrogen and oxygen atoms in total. The van der Waals surface area contributed by atoms with Crippen LogP contribution in [0.3, 0.4) is 0 Å². The largest absolute Gasteiger partial charge is 0.394 e. The average Bonchev–Trinajstić information content (AvgIpc) is 3.69. The molecule has 11 heteroatoms. The van der Waals surface area contributed by atoms with E-state index >= 15 is 0 Å². The van der Waals surface area contributed by atoms with Crippen LogP contribution in [0, 0.1) is 0 Å². The van der Waals surface area contributed by atoms with Crippen LogP contribution in [0.5, 0.6) is 0 Å². The van der Waals surface area contributed by atoms with E-state index in [1.54, 1.807) is 18.4 Å². The van der Waals surface area contributed by atoms with E-state index in [1.165, 1.54) is 0 Å². The Morgan fingerprint density at radius 1 is 1.24 bits per heavy atom. The van der Waals surface area contributed by atoms with Crippen molar-refractivity contribution in [1.29, 1.82) is 0 Å². The van der Waals surface area contributed by atoms with Crippen LogP contribution in [0.1, 0.15) is 13.3 Å². The summed E-state index contributed by atoms with van der Waals surface area (Å²) in [5.41, 5.74) is 6.38. The predicted molar refractivity (Wildman–Crippen MR) is 144 cm³/mol. The standard InChI is InChI=1S/C26H29N7O3S/c1-3-17-14-36-18(13-34)12-33(17)26-23-21(6-7-27-26)32(8-9-35-2)25(31-23)20-11-28-24(30-20)16-4-5-22-19(10-16)29-15-37-22/h4-7,10-11,15,17-18,34H,3,8-9,12-14H2,1-2H3,(H,28,30)/t17-,18+/m1/s1. The van der Waals surface area contributed by atoms with Crippen molar-refractivity contribution in [3.05, 3.63) is 42.2 Å². The third-order valence-corrected chi connectivity index (χ3v) is 7.71. The molecule has 0 spiro atoms. The van der Waals surface area contributed by atoms with E-state index in [2.05, 4.69) is 43.5 Å². The zero-order chi connectivity index (χ0) is 25.4. The number of fused-ring (bicyclic) bond motifs is 2. The fourth-order valence-electron chi connectivity index (χ4n) is 4.92. The van der Waals surface area contributed by atoms with Gasteiger partial charge in [0.05, 0.1) is 59.4 Å². The first-order chi connectivity index (χ1) is 18.2. The van der Waals surface area contributed by atoms with Crippen LogP contribution in [0.2, 0.25) is 0 Å². The highest BCUT2D eigenvalue weighted by Crippen LogP contribution is 2.33. The number of aliphatic hydroxyl groups is 1. The van der Waals surface area contributed by atoms with Crippen molar-refractivity contribution in [3.8, 4) is 22.9 Å². The molecule has 0 bridgehead atoms. The van der Waals surface area contributed by atoms with Gasteiger partial charge in [0.1, 0.15) is 17.0 Å². The predicted octanol–water partition coefficient (Wildman–Crippen LogP) is 3.72. The van der Waals surface area contributed by atoms with Crippen molar-refractivity contribution in [2.45, 2.75) is 32.0 Å². The van der Waals surface area contributed by atoms with Crippen LogP contribution in [0.25, 0.3) is 44.2 Å². The molecule has 1 saturated heterocycles. The van der Waals surface area contributed by atoms with E-state index in [0.29, 0.717) is 26.3 Å². The van der Waals surface area contributed by atoms with E-state index in [0.717, 1.165) is 56.4 Å². The Labute approximate surface area is 217 Å². The first-order valence-electron chi connectivity index (χ1n) is 12.4. The molecule has 192 valence electrons. The Bertz CT molecular complexity index is 1530. The summed E-state index contributed by atoms with van der Waals surface area (Å²) in [6.45, 7) is 4.39. The molecule has 0 aliphatic carbocycles. The third kappa shape index (κ3) is 4.37. The van der Waals surface area contributed by atoms with E-state index in [4.69, 9.17) is 19.4 Å². The lowest BCUT2D eigenvalue weighted by Crippen LogP contribution is -2.51. The molecule has 1 aliphatic rings. The normalized spacial score (nSPS) is 18.3. The Balaban J connectivity index is 1.44. The molecule has 5 heterocycles. The lowest BCUT2D eigenvalue weighted by atomic mass is 10.1. The Kier molecular flexibility index (Phi) is 6.59. The molecule has 6 rings (SSSR count). The number of aromatic amines is 1. The minimum absolute atomic E-state index is 0.0277. The molecular formula is C26H29N7O3S. The summed E-state index contributed by atoms with van der Waals surface area (Å²) in [7, 11) is 1.70. The number of nitrogens with one attached hydrogen (secondary N) is 1. The number of ether oxygens (including phenoxy) is 2. The van der Waals surface area contributed by atoms with Crippen LogP contribution >= 0.6 is 11.3 Å². The zero-order valence-corrected chi connectivity index (χ0v) is 21.6. The van der Waals surface area contributed by atoms with Crippen molar-refractivity contribution in [1.82, 2.24) is 29.5 Å². The van der Waals surface area contributed by atoms with Crippen LogP contribution in [-0.4, -0.2) is 80.2 Å². The number of aliphatic hydroxyl groups excluding tert-OH is 1. The summed E-state index contributed by atoms with van der Waals surface area (Å²) in [4.78, 5) is 24.7. The van der Waals surface area contributed by atoms with Gasteiger partial charge in [-0.2, -0.15) is 0 Å². The molecule has 1 aromatic carbocycles. The van der Waals surface area contributed by atoms with E-state index in [1.807, 2.05) is 30.0 Å². The molecule has 0 unspecified atom stereocenters. The maximum atomic E-state index is 9.74. The molecule has 0 radical (unpaired) electrons. The number of benzene rings is 1. The summed E-state index contributed by atoms with van der Waals surface area (Å²) >= 11 is 1.62. The van der Waals surface area contributed by atoms with Crippen molar-refractivity contribution in [2.75, 3.05) is 38.4 Å². The highest BCUT2D eigenvalue weighted by Gasteiger charge is 2.31. The Morgan fingerprint density at radius 3 is 3.00 bits per heavy atom. The molecule has 0 saturated carbocycles. The lowest BCUT2D eigenvalue weighted by molar-refractivity contribution is -0.0136. The minimum Gasteiger partial charge on any atom is -0.394 e. The maximum absolute atomic E-state index is 9.74. The second-order valence-electron chi connectivity index (χ2n) is 9.11. The molecular weight excluding hydrogens is 490 g/mol. The fraction of sp³-hybridized carbons (Fsp3) is 0.385. The van der Waals surface area contributed by atoms with E-state index in [-0.39, 0.29) is 18.8 Å². The molecule has 37 heavy (non-hydrogen) atoms.